The zero-order chi connectivity index (χ0) is 9.03. The highest BCUT2D eigenvalue weighted by Gasteiger charge is 2.38. The molecule has 0 radical (unpaired) electrons. The van der Waals surface area contributed by atoms with Crippen molar-refractivity contribution >= 4 is 5.78 Å². The zero-order valence-corrected chi connectivity index (χ0v) is 7.76. The predicted molar refractivity (Wildman–Crippen MR) is 45.1 cm³/mol. The largest absolute Gasteiger partial charge is 0.378 e. The van der Waals surface area contributed by atoms with Crippen molar-refractivity contribution in [2.24, 2.45) is 0 Å². The number of ether oxygens (including phenoxy) is 2. The van der Waals surface area contributed by atoms with Crippen LogP contribution in [-0.4, -0.2) is 32.2 Å². The minimum Gasteiger partial charge on any atom is -0.378 e. The number of carbonyl (C=O) groups is 1. The molecular formula is C9H16O3. The van der Waals surface area contributed by atoms with E-state index in [1.165, 1.54) is 13.5 Å². The molecule has 0 aromatic rings. The molecule has 1 rings (SSSR count). The average Bonchev–Trinajstić information content (AvgIpc) is 1.97. The summed E-state index contributed by atoms with van der Waals surface area (Å²) in [6.07, 6.45) is 3.71. The molecule has 0 spiro atoms. The van der Waals surface area contributed by atoms with E-state index in [0.717, 1.165) is 12.8 Å². The van der Waals surface area contributed by atoms with Gasteiger partial charge in [0.15, 0.2) is 5.78 Å². The molecule has 12 heavy (non-hydrogen) atoms. The van der Waals surface area contributed by atoms with Gasteiger partial charge in [0.25, 0.3) is 0 Å². The van der Waals surface area contributed by atoms with Crippen LogP contribution in [0.15, 0.2) is 0 Å². The molecular weight excluding hydrogens is 156 g/mol. The third-order valence-electron chi connectivity index (χ3n) is 2.52. The fraction of sp³-hybridized carbons (Fsp3) is 0.889. The minimum absolute atomic E-state index is 0.138. The molecule has 0 heterocycles. The molecule has 0 amide bonds. The minimum atomic E-state index is -0.143. The van der Waals surface area contributed by atoms with Crippen LogP contribution in [0, 0.1) is 0 Å². The first kappa shape index (κ1) is 9.68. The molecule has 0 bridgehead atoms. The van der Waals surface area contributed by atoms with Crippen molar-refractivity contribution in [2.75, 3.05) is 20.8 Å². The number of ketones is 1. The van der Waals surface area contributed by atoms with Crippen molar-refractivity contribution in [3.8, 4) is 0 Å². The number of carbonyl (C=O) groups excluding carboxylic acids is 1. The molecule has 1 fully saturated rings. The van der Waals surface area contributed by atoms with Crippen LogP contribution in [0.2, 0.25) is 0 Å². The summed E-state index contributed by atoms with van der Waals surface area (Å²) in [4.78, 5) is 11.2. The van der Waals surface area contributed by atoms with Gasteiger partial charge in [0, 0.05) is 20.6 Å². The Morgan fingerprint density at radius 2 is 2.08 bits per heavy atom. The first-order valence-electron chi connectivity index (χ1n) is 4.28. The fourth-order valence-electron chi connectivity index (χ4n) is 1.60. The number of Topliss-reactive ketones (excluding diaryl/α,β-unsaturated/α-hetero) is 1. The van der Waals surface area contributed by atoms with E-state index in [9.17, 15) is 4.79 Å². The van der Waals surface area contributed by atoms with E-state index < -0.39 is 0 Å². The van der Waals surface area contributed by atoms with E-state index in [4.69, 9.17) is 9.47 Å². The third kappa shape index (κ3) is 2.05. The highest BCUT2D eigenvalue weighted by molar-refractivity contribution is 5.80. The zero-order valence-electron chi connectivity index (χ0n) is 7.76. The summed E-state index contributed by atoms with van der Waals surface area (Å²) < 4.78 is 10.1. The van der Waals surface area contributed by atoms with Crippen LogP contribution in [0.3, 0.4) is 0 Å². The van der Waals surface area contributed by atoms with Crippen molar-refractivity contribution in [3.05, 3.63) is 0 Å². The summed E-state index contributed by atoms with van der Waals surface area (Å²) >= 11 is 0. The maximum Gasteiger partial charge on any atom is 0.161 e. The van der Waals surface area contributed by atoms with Crippen LogP contribution < -0.4 is 0 Å². The highest BCUT2D eigenvalue weighted by Crippen LogP contribution is 2.37. The Morgan fingerprint density at radius 3 is 2.42 bits per heavy atom. The molecule has 0 unspecified atom stereocenters. The van der Waals surface area contributed by atoms with E-state index in [2.05, 4.69) is 0 Å². The summed E-state index contributed by atoms with van der Waals surface area (Å²) in [6.45, 7) is 0.213. The number of rotatable bonds is 5. The molecule has 0 aliphatic heterocycles. The van der Waals surface area contributed by atoms with Gasteiger partial charge >= 0.3 is 0 Å². The average molecular weight is 172 g/mol. The Balaban J connectivity index is 2.32. The lowest BCUT2D eigenvalue weighted by Gasteiger charge is -2.39. The van der Waals surface area contributed by atoms with Crippen LogP contribution in [-0.2, 0) is 14.3 Å². The summed E-state index contributed by atoms with van der Waals surface area (Å²) in [5, 5.41) is 0. The Labute approximate surface area is 73.0 Å². The van der Waals surface area contributed by atoms with Gasteiger partial charge in [-0.3, -0.25) is 4.79 Å². The molecule has 3 nitrogen and oxygen atoms in total. The van der Waals surface area contributed by atoms with Crippen LogP contribution in [0.1, 0.15) is 25.7 Å². The van der Waals surface area contributed by atoms with E-state index in [-0.39, 0.29) is 18.0 Å². The highest BCUT2D eigenvalue weighted by atomic mass is 16.5. The molecule has 70 valence electrons. The second-order valence-electron chi connectivity index (χ2n) is 3.39. The second kappa shape index (κ2) is 4.01. The van der Waals surface area contributed by atoms with E-state index >= 15 is 0 Å². The molecule has 0 aromatic carbocycles. The number of hydrogen-bond acceptors (Lipinski definition) is 3. The van der Waals surface area contributed by atoms with Crippen molar-refractivity contribution in [1.29, 1.82) is 0 Å². The Bertz CT molecular complexity index is 156. The van der Waals surface area contributed by atoms with Crippen LogP contribution in [0.4, 0.5) is 0 Å². The topological polar surface area (TPSA) is 35.5 Å². The molecule has 1 aliphatic rings. The van der Waals surface area contributed by atoms with E-state index in [0.29, 0.717) is 6.42 Å². The first-order chi connectivity index (χ1) is 5.72. The van der Waals surface area contributed by atoms with Gasteiger partial charge in [-0.1, -0.05) is 0 Å². The monoisotopic (exact) mass is 172 g/mol. The maximum absolute atomic E-state index is 11.2. The standard InChI is InChI=1S/C9H16O3/c1-11-7-8(10)6-9(12-2)4-3-5-9/h3-7H2,1-2H3. The van der Waals surface area contributed by atoms with Gasteiger partial charge in [0.1, 0.15) is 6.61 Å². The van der Waals surface area contributed by atoms with Gasteiger partial charge in [0.2, 0.25) is 0 Å². The van der Waals surface area contributed by atoms with E-state index in [1.807, 2.05) is 0 Å². The maximum atomic E-state index is 11.2. The second-order valence-corrected chi connectivity index (χ2v) is 3.39. The summed E-state index contributed by atoms with van der Waals surface area (Å²) in [6, 6.07) is 0. The van der Waals surface area contributed by atoms with Crippen LogP contribution >= 0.6 is 0 Å². The van der Waals surface area contributed by atoms with Crippen LogP contribution in [0.5, 0.6) is 0 Å². The molecule has 1 saturated carbocycles. The van der Waals surface area contributed by atoms with Gasteiger partial charge in [-0.25, -0.2) is 0 Å². The lowest BCUT2D eigenvalue weighted by atomic mass is 9.76. The van der Waals surface area contributed by atoms with E-state index in [1.54, 1.807) is 7.11 Å². The molecule has 0 aromatic heterocycles. The summed E-state index contributed by atoms with van der Waals surface area (Å²) in [7, 11) is 3.22. The summed E-state index contributed by atoms with van der Waals surface area (Å²) in [5.41, 5.74) is -0.143. The molecule has 3 heteroatoms. The Morgan fingerprint density at radius 1 is 1.42 bits per heavy atom. The SMILES string of the molecule is COCC(=O)CC1(OC)CCC1. The number of hydrogen-bond donors (Lipinski definition) is 0. The van der Waals surface area contributed by atoms with Crippen LogP contribution in [0.25, 0.3) is 0 Å². The predicted octanol–water partition coefficient (Wildman–Crippen LogP) is 1.16. The van der Waals surface area contributed by atoms with Crippen molar-refractivity contribution in [2.45, 2.75) is 31.3 Å². The first-order valence-corrected chi connectivity index (χ1v) is 4.28. The quantitative estimate of drug-likeness (QED) is 0.624. The lowest BCUT2D eigenvalue weighted by molar-refractivity contribution is -0.135. The lowest BCUT2D eigenvalue weighted by Crippen LogP contribution is -2.41. The summed E-state index contributed by atoms with van der Waals surface area (Å²) in [5.74, 6) is 0.138. The molecule has 0 saturated heterocycles. The van der Waals surface area contributed by atoms with Crippen molar-refractivity contribution < 1.29 is 14.3 Å². The van der Waals surface area contributed by atoms with Gasteiger partial charge in [0.05, 0.1) is 5.60 Å². The van der Waals surface area contributed by atoms with Gasteiger partial charge in [-0.15, -0.1) is 0 Å². The number of methoxy groups -OCH3 is 2. The normalized spacial score (nSPS) is 20.2. The third-order valence-corrected chi connectivity index (χ3v) is 2.52. The smallest absolute Gasteiger partial charge is 0.161 e. The fourth-order valence-corrected chi connectivity index (χ4v) is 1.60. The van der Waals surface area contributed by atoms with Gasteiger partial charge < -0.3 is 9.47 Å². The van der Waals surface area contributed by atoms with Crippen molar-refractivity contribution in [3.63, 3.8) is 0 Å². The van der Waals surface area contributed by atoms with Gasteiger partial charge in [-0.2, -0.15) is 0 Å². The molecule has 0 N–H and O–H groups in total. The van der Waals surface area contributed by atoms with Crippen molar-refractivity contribution in [1.82, 2.24) is 0 Å². The molecule has 1 aliphatic carbocycles. The Hall–Kier alpha value is -0.410. The molecule has 0 atom stereocenters. The van der Waals surface area contributed by atoms with Gasteiger partial charge in [-0.05, 0) is 19.3 Å². The Kier molecular flexibility index (Phi) is 3.23.